The number of hydrogen-bond donors (Lipinski definition) is 2. The Hall–Kier alpha value is -3.23. The van der Waals surface area contributed by atoms with Crippen LogP contribution in [0, 0.1) is 11.7 Å². The van der Waals surface area contributed by atoms with Gasteiger partial charge in [-0.2, -0.15) is 0 Å². The highest BCUT2D eigenvalue weighted by Crippen LogP contribution is 2.27. The molecule has 9 heteroatoms. The molecule has 0 aliphatic carbocycles. The molecule has 0 radical (unpaired) electrons. The normalized spacial score (nSPS) is 12.8. The van der Waals surface area contributed by atoms with Gasteiger partial charge in [0, 0.05) is 23.2 Å². The van der Waals surface area contributed by atoms with Crippen molar-refractivity contribution in [3.05, 3.63) is 77.2 Å². The molecule has 0 bridgehead atoms. The Morgan fingerprint density at radius 2 is 2.00 bits per heavy atom. The van der Waals surface area contributed by atoms with Crippen LogP contribution < -0.4 is 5.32 Å². The summed E-state index contributed by atoms with van der Waals surface area (Å²) < 4.78 is 24.5. The third kappa shape index (κ3) is 6.87. The predicted octanol–water partition coefficient (Wildman–Crippen LogP) is 4.60. The minimum atomic E-state index is -1.01. The number of halogens is 2. The minimum absolute atomic E-state index is 0.0319. The Bertz CT molecular complexity index is 1070. The van der Waals surface area contributed by atoms with E-state index in [1.807, 2.05) is 0 Å². The van der Waals surface area contributed by atoms with Crippen LogP contribution in [0.3, 0.4) is 0 Å². The fourth-order valence-corrected chi connectivity index (χ4v) is 3.62. The van der Waals surface area contributed by atoms with Crippen molar-refractivity contribution in [3.63, 3.8) is 0 Å². The molecule has 0 aliphatic heterocycles. The molecule has 3 aromatic rings. The van der Waals surface area contributed by atoms with Crippen LogP contribution in [0.4, 0.5) is 4.39 Å². The number of carboxylic acids is 1. The molecule has 3 rings (SSSR count). The average molecular weight is 475 g/mol. The second-order valence-corrected chi connectivity index (χ2v) is 7.90. The van der Waals surface area contributed by atoms with Gasteiger partial charge in [0.2, 0.25) is 0 Å². The third-order valence-electron chi connectivity index (χ3n) is 5.08. The van der Waals surface area contributed by atoms with Crippen LogP contribution in [-0.2, 0) is 16.0 Å². The van der Waals surface area contributed by atoms with Crippen LogP contribution in [0.1, 0.15) is 29.6 Å². The summed E-state index contributed by atoms with van der Waals surface area (Å²) >= 11 is 5.99. The topological polar surface area (TPSA) is 102 Å². The number of nitrogens with one attached hydrogen (secondary N) is 1. The Morgan fingerprint density at radius 3 is 2.64 bits per heavy atom. The second kappa shape index (κ2) is 11.6. The van der Waals surface area contributed by atoms with E-state index in [1.54, 1.807) is 37.3 Å². The van der Waals surface area contributed by atoms with Crippen molar-refractivity contribution in [1.82, 2.24) is 10.3 Å². The molecule has 0 spiro atoms. The first-order chi connectivity index (χ1) is 15.9. The zero-order valence-corrected chi connectivity index (χ0v) is 18.7. The van der Waals surface area contributed by atoms with E-state index in [0.29, 0.717) is 29.2 Å². The summed E-state index contributed by atoms with van der Waals surface area (Å²) in [6.45, 7) is 2.20. The molecule has 1 aromatic heterocycles. The molecule has 2 N–H and O–H groups in total. The number of carboxylic acid groups (broad SMARTS) is 1. The molecule has 1 amide bonds. The maximum atomic E-state index is 14.2. The lowest BCUT2D eigenvalue weighted by molar-refractivity contribution is -0.144. The number of aromatic nitrogens is 1. The second-order valence-electron chi connectivity index (χ2n) is 7.46. The van der Waals surface area contributed by atoms with E-state index in [4.69, 9.17) is 20.8 Å². The highest BCUT2D eigenvalue weighted by Gasteiger charge is 2.26. The van der Waals surface area contributed by atoms with Crippen molar-refractivity contribution in [2.24, 2.45) is 5.92 Å². The number of carbonyl (C=O) groups excluding carboxylic acids is 1. The van der Waals surface area contributed by atoms with Crippen molar-refractivity contribution in [2.75, 3.05) is 13.2 Å². The van der Waals surface area contributed by atoms with E-state index in [9.17, 15) is 19.1 Å². The van der Waals surface area contributed by atoms with Crippen molar-refractivity contribution >= 4 is 23.5 Å². The molecule has 7 nitrogen and oxygen atoms in total. The van der Waals surface area contributed by atoms with E-state index in [-0.39, 0.29) is 24.7 Å². The molecular weight excluding hydrogens is 451 g/mol. The van der Waals surface area contributed by atoms with E-state index >= 15 is 0 Å². The van der Waals surface area contributed by atoms with Gasteiger partial charge in [0.25, 0.3) is 5.89 Å². The first kappa shape index (κ1) is 24.4. The number of hydrogen-bond acceptors (Lipinski definition) is 5. The molecule has 2 unspecified atom stereocenters. The molecular formula is C24H24ClFN2O5. The Labute approximate surface area is 195 Å². The molecule has 0 saturated heterocycles. The zero-order valence-electron chi connectivity index (χ0n) is 18.0. The Kier molecular flexibility index (Phi) is 8.57. The molecule has 0 saturated carbocycles. The maximum absolute atomic E-state index is 14.2. The first-order valence-electron chi connectivity index (χ1n) is 10.4. The Morgan fingerprint density at radius 1 is 1.24 bits per heavy atom. The fourth-order valence-electron chi connectivity index (χ4n) is 3.44. The Balaban J connectivity index is 1.78. The van der Waals surface area contributed by atoms with E-state index < -0.39 is 23.8 Å². The quantitative estimate of drug-likeness (QED) is 0.421. The van der Waals surface area contributed by atoms with Crippen LogP contribution in [0.15, 0.2) is 59.3 Å². The van der Waals surface area contributed by atoms with Gasteiger partial charge in [0.05, 0.1) is 18.7 Å². The molecule has 2 aromatic carbocycles. The highest BCUT2D eigenvalue weighted by atomic mass is 35.5. The third-order valence-corrected chi connectivity index (χ3v) is 5.31. The summed E-state index contributed by atoms with van der Waals surface area (Å²) in [6, 6.07) is 10.9. The van der Waals surface area contributed by atoms with Crippen molar-refractivity contribution in [2.45, 2.75) is 25.8 Å². The van der Waals surface area contributed by atoms with Crippen LogP contribution in [-0.4, -0.2) is 41.2 Å². The minimum Gasteiger partial charge on any atom is -0.481 e. The standard InChI is InChI=1S/C24H24ClFN2O5/c1-2-32-14-17(24(30)31)12-19(28-22(29)23-27-9-10-33-23)11-15-3-5-16(6-4-15)20-13-18(25)7-8-21(20)26/h3-10,13,17,19H,2,11-12,14H2,1H3,(H,28,29)(H,30,31). The molecule has 174 valence electrons. The monoisotopic (exact) mass is 474 g/mol. The first-order valence-corrected chi connectivity index (χ1v) is 10.8. The molecule has 2 atom stereocenters. The molecule has 0 aliphatic rings. The van der Waals surface area contributed by atoms with Crippen molar-refractivity contribution < 1.29 is 28.2 Å². The average Bonchev–Trinajstić information content (AvgIpc) is 3.34. The number of amides is 1. The van der Waals surface area contributed by atoms with Crippen LogP contribution in [0.5, 0.6) is 0 Å². The number of nitrogens with zero attached hydrogens (tertiary/aromatic N) is 1. The maximum Gasteiger partial charge on any atom is 0.308 e. The van der Waals surface area contributed by atoms with Gasteiger partial charge in [0.15, 0.2) is 0 Å². The summed E-state index contributed by atoms with van der Waals surface area (Å²) in [5.74, 6) is -2.85. The van der Waals surface area contributed by atoms with Crippen molar-refractivity contribution in [1.29, 1.82) is 0 Å². The van der Waals surface area contributed by atoms with Crippen LogP contribution >= 0.6 is 11.6 Å². The van der Waals surface area contributed by atoms with E-state index in [1.165, 1.54) is 24.6 Å². The van der Waals surface area contributed by atoms with Crippen LogP contribution in [0.25, 0.3) is 11.1 Å². The highest BCUT2D eigenvalue weighted by molar-refractivity contribution is 6.30. The number of oxazole rings is 1. The number of ether oxygens (including phenoxy) is 1. The van der Waals surface area contributed by atoms with Crippen LogP contribution in [0.2, 0.25) is 5.02 Å². The van der Waals surface area contributed by atoms with Gasteiger partial charge in [-0.3, -0.25) is 9.59 Å². The number of benzene rings is 2. The molecule has 1 heterocycles. The summed E-state index contributed by atoms with van der Waals surface area (Å²) in [5.41, 5.74) is 1.86. The lowest BCUT2D eigenvalue weighted by atomic mass is 9.94. The summed E-state index contributed by atoms with van der Waals surface area (Å²) in [4.78, 5) is 28.0. The van der Waals surface area contributed by atoms with Gasteiger partial charge in [-0.05, 0) is 49.1 Å². The summed E-state index contributed by atoms with van der Waals surface area (Å²) in [6.07, 6.45) is 3.13. The smallest absolute Gasteiger partial charge is 0.308 e. The molecule has 0 fully saturated rings. The van der Waals surface area contributed by atoms with Gasteiger partial charge in [0.1, 0.15) is 12.1 Å². The van der Waals surface area contributed by atoms with Gasteiger partial charge in [-0.25, -0.2) is 9.37 Å². The van der Waals surface area contributed by atoms with Gasteiger partial charge in [-0.15, -0.1) is 0 Å². The van der Waals surface area contributed by atoms with Gasteiger partial charge < -0.3 is 19.6 Å². The summed E-state index contributed by atoms with van der Waals surface area (Å²) in [5, 5.41) is 12.8. The predicted molar refractivity (Wildman–Crippen MR) is 121 cm³/mol. The number of rotatable bonds is 11. The zero-order chi connectivity index (χ0) is 23.8. The lowest BCUT2D eigenvalue weighted by Crippen LogP contribution is -2.40. The largest absolute Gasteiger partial charge is 0.481 e. The van der Waals surface area contributed by atoms with Gasteiger partial charge >= 0.3 is 11.9 Å². The van der Waals surface area contributed by atoms with Crippen molar-refractivity contribution in [3.8, 4) is 11.1 Å². The van der Waals surface area contributed by atoms with E-state index in [0.717, 1.165) is 5.56 Å². The fraction of sp³-hybridized carbons (Fsp3) is 0.292. The number of carbonyl (C=O) groups is 2. The van der Waals surface area contributed by atoms with E-state index in [2.05, 4.69) is 10.3 Å². The molecule has 33 heavy (non-hydrogen) atoms. The number of aliphatic carboxylic acids is 1. The van der Waals surface area contributed by atoms with Gasteiger partial charge in [-0.1, -0.05) is 35.9 Å². The summed E-state index contributed by atoms with van der Waals surface area (Å²) in [7, 11) is 0. The SMILES string of the molecule is CCOCC(CC(Cc1ccc(-c2cc(Cl)ccc2F)cc1)NC(=O)c1ncco1)C(=O)O. The lowest BCUT2D eigenvalue weighted by Gasteiger charge is -2.22.